The summed E-state index contributed by atoms with van der Waals surface area (Å²) < 4.78 is 5.14. The van der Waals surface area contributed by atoms with Crippen LogP contribution in [0.25, 0.3) is 11.1 Å². The maximum Gasteiger partial charge on any atom is 0.263 e. The third-order valence-corrected chi connectivity index (χ3v) is 4.93. The zero-order valence-electron chi connectivity index (χ0n) is 11.7. The SMILES string of the molecule is Cc1noc2ncnc(NCCc3nc4c(s3)CCC4)c12. The normalized spacial score (nSPS) is 13.8. The lowest BCUT2D eigenvalue weighted by Crippen LogP contribution is -2.07. The Morgan fingerprint density at radius 2 is 2.29 bits per heavy atom. The molecule has 7 heteroatoms. The predicted octanol–water partition coefficient (Wildman–Crippen LogP) is 2.53. The smallest absolute Gasteiger partial charge is 0.263 e. The van der Waals surface area contributed by atoms with Crippen LogP contribution in [0.15, 0.2) is 10.9 Å². The average Bonchev–Trinajstić information content (AvgIpc) is 3.14. The van der Waals surface area contributed by atoms with Crippen molar-refractivity contribution in [3.05, 3.63) is 27.6 Å². The molecule has 4 rings (SSSR count). The second-order valence-electron chi connectivity index (χ2n) is 5.18. The molecule has 0 bridgehead atoms. The highest BCUT2D eigenvalue weighted by Gasteiger charge is 2.16. The van der Waals surface area contributed by atoms with Gasteiger partial charge in [-0.25, -0.2) is 9.97 Å². The molecule has 21 heavy (non-hydrogen) atoms. The van der Waals surface area contributed by atoms with Gasteiger partial charge >= 0.3 is 0 Å². The van der Waals surface area contributed by atoms with E-state index in [1.165, 1.54) is 34.7 Å². The third-order valence-electron chi connectivity index (χ3n) is 3.71. The lowest BCUT2D eigenvalue weighted by molar-refractivity contribution is 0.442. The lowest BCUT2D eigenvalue weighted by Gasteiger charge is -2.04. The van der Waals surface area contributed by atoms with Gasteiger partial charge in [-0.05, 0) is 26.2 Å². The van der Waals surface area contributed by atoms with Crippen LogP contribution in [0.4, 0.5) is 5.82 Å². The molecule has 0 aromatic carbocycles. The van der Waals surface area contributed by atoms with Crippen LogP contribution in [0.1, 0.15) is 27.7 Å². The van der Waals surface area contributed by atoms with Crippen molar-refractivity contribution >= 4 is 28.3 Å². The molecule has 0 unspecified atom stereocenters. The van der Waals surface area contributed by atoms with Crippen molar-refractivity contribution in [2.75, 3.05) is 11.9 Å². The standard InChI is InChI=1S/C14H15N5OS/c1-8-12-13(16-7-17-14(12)20-19-8)15-6-5-11-18-9-3-2-4-10(9)21-11/h7H,2-6H2,1H3,(H,15,16,17). The zero-order valence-corrected chi connectivity index (χ0v) is 12.5. The molecule has 0 spiro atoms. The molecular formula is C14H15N5OS. The monoisotopic (exact) mass is 301 g/mol. The van der Waals surface area contributed by atoms with E-state index in [9.17, 15) is 0 Å². The summed E-state index contributed by atoms with van der Waals surface area (Å²) in [6.07, 6.45) is 6.01. The summed E-state index contributed by atoms with van der Waals surface area (Å²) in [5.74, 6) is 0.780. The van der Waals surface area contributed by atoms with Crippen LogP contribution in [0.2, 0.25) is 0 Å². The fourth-order valence-electron chi connectivity index (χ4n) is 2.69. The Hall–Kier alpha value is -2.02. The molecule has 6 nitrogen and oxygen atoms in total. The summed E-state index contributed by atoms with van der Waals surface area (Å²) >= 11 is 1.85. The van der Waals surface area contributed by atoms with Crippen molar-refractivity contribution in [1.29, 1.82) is 0 Å². The number of nitrogens with one attached hydrogen (secondary N) is 1. The molecule has 108 valence electrons. The van der Waals surface area contributed by atoms with Gasteiger partial charge in [-0.3, -0.25) is 0 Å². The fourth-order valence-corrected chi connectivity index (χ4v) is 3.85. The largest absolute Gasteiger partial charge is 0.369 e. The first-order chi connectivity index (χ1) is 10.3. The van der Waals surface area contributed by atoms with Crippen molar-refractivity contribution in [3.63, 3.8) is 0 Å². The molecular weight excluding hydrogens is 286 g/mol. The quantitative estimate of drug-likeness (QED) is 0.798. The molecule has 0 atom stereocenters. The maximum atomic E-state index is 5.14. The second kappa shape index (κ2) is 5.07. The van der Waals surface area contributed by atoms with E-state index in [-0.39, 0.29) is 0 Å². The predicted molar refractivity (Wildman–Crippen MR) is 80.7 cm³/mol. The topological polar surface area (TPSA) is 76.7 Å². The Bertz CT molecular complexity index is 772. The van der Waals surface area contributed by atoms with Crippen molar-refractivity contribution in [2.24, 2.45) is 0 Å². The summed E-state index contributed by atoms with van der Waals surface area (Å²) in [7, 11) is 0. The molecule has 0 radical (unpaired) electrons. The molecule has 3 heterocycles. The average molecular weight is 301 g/mol. The van der Waals surface area contributed by atoms with Gasteiger partial charge in [0.05, 0.1) is 16.4 Å². The van der Waals surface area contributed by atoms with Crippen LogP contribution < -0.4 is 5.32 Å². The number of hydrogen-bond acceptors (Lipinski definition) is 7. The molecule has 0 aliphatic heterocycles. The van der Waals surface area contributed by atoms with Gasteiger partial charge in [0.2, 0.25) is 0 Å². The van der Waals surface area contributed by atoms with Gasteiger partial charge in [0.15, 0.2) is 0 Å². The molecule has 3 aromatic rings. The number of anilines is 1. The summed E-state index contributed by atoms with van der Waals surface area (Å²) in [5, 5.41) is 9.34. The van der Waals surface area contributed by atoms with E-state index in [2.05, 4.69) is 20.4 Å². The van der Waals surface area contributed by atoms with E-state index >= 15 is 0 Å². The van der Waals surface area contributed by atoms with E-state index in [4.69, 9.17) is 9.51 Å². The highest BCUT2D eigenvalue weighted by atomic mass is 32.1. The van der Waals surface area contributed by atoms with Crippen LogP contribution >= 0.6 is 11.3 Å². The van der Waals surface area contributed by atoms with Gasteiger partial charge < -0.3 is 9.84 Å². The molecule has 0 saturated heterocycles. The van der Waals surface area contributed by atoms with Crippen molar-refractivity contribution < 1.29 is 4.52 Å². The molecule has 0 amide bonds. The summed E-state index contributed by atoms with van der Waals surface area (Å²) in [6, 6.07) is 0. The molecule has 1 aliphatic carbocycles. The maximum absolute atomic E-state index is 5.14. The highest BCUT2D eigenvalue weighted by molar-refractivity contribution is 7.11. The number of nitrogens with zero attached hydrogens (tertiary/aromatic N) is 4. The Morgan fingerprint density at radius 3 is 3.19 bits per heavy atom. The van der Waals surface area contributed by atoms with Crippen LogP contribution in [0.5, 0.6) is 0 Å². The van der Waals surface area contributed by atoms with Gasteiger partial charge in [-0.1, -0.05) is 5.16 Å². The highest BCUT2D eigenvalue weighted by Crippen LogP contribution is 2.28. The minimum Gasteiger partial charge on any atom is -0.369 e. The first-order valence-electron chi connectivity index (χ1n) is 7.09. The summed E-state index contributed by atoms with van der Waals surface area (Å²) in [6.45, 7) is 2.69. The molecule has 3 aromatic heterocycles. The van der Waals surface area contributed by atoms with E-state index in [0.717, 1.165) is 36.3 Å². The number of aromatic nitrogens is 4. The van der Waals surface area contributed by atoms with E-state index < -0.39 is 0 Å². The van der Waals surface area contributed by atoms with Gasteiger partial charge in [0, 0.05) is 17.8 Å². The van der Waals surface area contributed by atoms with E-state index in [1.54, 1.807) is 0 Å². The lowest BCUT2D eigenvalue weighted by atomic mass is 10.3. The van der Waals surface area contributed by atoms with Crippen LogP contribution in [-0.2, 0) is 19.3 Å². The van der Waals surface area contributed by atoms with Crippen molar-refractivity contribution in [1.82, 2.24) is 20.1 Å². The fraction of sp³-hybridized carbons (Fsp3) is 0.429. The van der Waals surface area contributed by atoms with Gasteiger partial charge in [-0.2, -0.15) is 4.98 Å². The van der Waals surface area contributed by atoms with Gasteiger partial charge in [0.1, 0.15) is 17.5 Å². The molecule has 1 N–H and O–H groups in total. The number of aryl methyl sites for hydroxylation is 3. The number of hydrogen-bond donors (Lipinski definition) is 1. The Kier molecular flexibility index (Phi) is 3.07. The minimum atomic E-state index is 0.526. The van der Waals surface area contributed by atoms with Crippen molar-refractivity contribution in [2.45, 2.75) is 32.6 Å². The Balaban J connectivity index is 1.47. The first kappa shape index (κ1) is 12.7. The number of fused-ring (bicyclic) bond motifs is 2. The van der Waals surface area contributed by atoms with Crippen LogP contribution in [-0.4, -0.2) is 26.7 Å². The van der Waals surface area contributed by atoms with E-state index in [1.807, 2.05) is 18.3 Å². The van der Waals surface area contributed by atoms with Crippen LogP contribution in [0.3, 0.4) is 0 Å². The minimum absolute atomic E-state index is 0.526. The van der Waals surface area contributed by atoms with Crippen LogP contribution in [0, 0.1) is 6.92 Å². The first-order valence-corrected chi connectivity index (χ1v) is 7.91. The third kappa shape index (κ3) is 2.27. The second-order valence-corrected chi connectivity index (χ2v) is 6.35. The van der Waals surface area contributed by atoms with Gasteiger partial charge in [-0.15, -0.1) is 11.3 Å². The van der Waals surface area contributed by atoms with E-state index in [0.29, 0.717) is 5.71 Å². The van der Waals surface area contributed by atoms with Gasteiger partial charge in [0.25, 0.3) is 5.71 Å². The summed E-state index contributed by atoms with van der Waals surface area (Å²) in [5.41, 5.74) is 2.65. The molecule has 0 saturated carbocycles. The Morgan fingerprint density at radius 1 is 1.33 bits per heavy atom. The van der Waals surface area contributed by atoms with Crippen molar-refractivity contribution in [3.8, 4) is 0 Å². The summed E-state index contributed by atoms with van der Waals surface area (Å²) in [4.78, 5) is 14.5. The number of rotatable bonds is 4. The number of thiazole rings is 1. The molecule has 0 fully saturated rings. The zero-order chi connectivity index (χ0) is 14.2. The Labute approximate surface area is 125 Å². The molecule has 1 aliphatic rings.